The quantitative estimate of drug-likeness (QED) is 0.878. The molecule has 1 unspecified atom stereocenters. The Morgan fingerprint density at radius 2 is 2.27 bits per heavy atom. The van der Waals surface area contributed by atoms with E-state index < -0.39 is 0 Å². The molecule has 0 saturated carbocycles. The number of hydrogen-bond donors (Lipinski definition) is 1. The second-order valence-corrected chi connectivity index (χ2v) is 5.70. The van der Waals surface area contributed by atoms with Crippen LogP contribution in [0.3, 0.4) is 0 Å². The molecule has 5 heteroatoms. The molecule has 0 saturated heterocycles. The van der Waals surface area contributed by atoms with Crippen molar-refractivity contribution >= 4 is 16.9 Å². The van der Waals surface area contributed by atoms with Crippen molar-refractivity contribution in [2.45, 2.75) is 38.8 Å². The summed E-state index contributed by atoms with van der Waals surface area (Å²) in [5.74, 6) is 0.621. The van der Waals surface area contributed by atoms with Crippen LogP contribution in [0.2, 0.25) is 0 Å². The van der Waals surface area contributed by atoms with Gasteiger partial charge in [0.25, 0.3) is 0 Å². The molecule has 1 aromatic heterocycles. The summed E-state index contributed by atoms with van der Waals surface area (Å²) in [6.07, 6.45) is 2.69. The number of carbonyl (C=O) groups excluding carboxylic acids is 1. The molecule has 1 aliphatic carbocycles. The van der Waals surface area contributed by atoms with E-state index >= 15 is 0 Å². The first kappa shape index (κ1) is 14.9. The predicted molar refractivity (Wildman–Crippen MR) is 85.1 cm³/mol. The average Bonchev–Trinajstić information content (AvgIpc) is 2.80. The van der Waals surface area contributed by atoms with Gasteiger partial charge in [0.15, 0.2) is 0 Å². The van der Waals surface area contributed by atoms with Crippen LogP contribution in [-0.4, -0.2) is 30.3 Å². The van der Waals surface area contributed by atoms with E-state index in [9.17, 15) is 4.79 Å². The molecule has 0 fully saturated rings. The molecular formula is C17H22N2O3. The lowest BCUT2D eigenvalue weighted by Crippen LogP contribution is -2.28. The van der Waals surface area contributed by atoms with Gasteiger partial charge in [0.2, 0.25) is 0 Å². The SMILES string of the molecule is CCOC(=O)Cn1c2c(c3cc(OC)ccc31)CC(N)CC2. The summed E-state index contributed by atoms with van der Waals surface area (Å²) in [6, 6.07) is 6.15. The lowest BCUT2D eigenvalue weighted by Gasteiger charge is -2.20. The van der Waals surface area contributed by atoms with Crippen LogP contribution in [0.5, 0.6) is 5.75 Å². The molecule has 2 aromatic rings. The minimum Gasteiger partial charge on any atom is -0.497 e. The maximum absolute atomic E-state index is 11.9. The van der Waals surface area contributed by atoms with Gasteiger partial charge in [-0.25, -0.2) is 0 Å². The minimum absolute atomic E-state index is 0.181. The summed E-state index contributed by atoms with van der Waals surface area (Å²) in [4.78, 5) is 11.9. The molecule has 0 bridgehead atoms. The number of carbonyl (C=O) groups is 1. The maximum atomic E-state index is 11.9. The third-order valence-electron chi connectivity index (χ3n) is 4.30. The predicted octanol–water partition coefficient (Wildman–Crippen LogP) is 2.03. The second-order valence-electron chi connectivity index (χ2n) is 5.70. The second kappa shape index (κ2) is 6.01. The first-order valence-electron chi connectivity index (χ1n) is 7.73. The number of benzene rings is 1. The van der Waals surface area contributed by atoms with Gasteiger partial charge in [-0.3, -0.25) is 4.79 Å². The zero-order valence-corrected chi connectivity index (χ0v) is 13.1. The van der Waals surface area contributed by atoms with Gasteiger partial charge in [0, 0.05) is 22.6 Å². The minimum atomic E-state index is -0.201. The smallest absolute Gasteiger partial charge is 0.325 e. The van der Waals surface area contributed by atoms with Crippen LogP contribution in [0.1, 0.15) is 24.6 Å². The van der Waals surface area contributed by atoms with Crippen molar-refractivity contribution in [1.82, 2.24) is 4.57 Å². The van der Waals surface area contributed by atoms with Gasteiger partial charge in [-0.15, -0.1) is 0 Å². The summed E-state index contributed by atoms with van der Waals surface area (Å²) in [5.41, 5.74) is 9.64. The molecule has 0 radical (unpaired) electrons. The normalized spacial score (nSPS) is 17.3. The van der Waals surface area contributed by atoms with Crippen molar-refractivity contribution in [1.29, 1.82) is 0 Å². The van der Waals surface area contributed by atoms with Gasteiger partial charge < -0.3 is 19.8 Å². The Hall–Kier alpha value is -2.01. The van der Waals surface area contributed by atoms with Crippen LogP contribution >= 0.6 is 0 Å². The van der Waals surface area contributed by atoms with E-state index in [0.717, 1.165) is 35.9 Å². The number of aromatic nitrogens is 1. The zero-order chi connectivity index (χ0) is 15.7. The highest BCUT2D eigenvalue weighted by atomic mass is 16.5. The summed E-state index contributed by atoms with van der Waals surface area (Å²) in [5, 5.41) is 1.13. The highest BCUT2D eigenvalue weighted by Crippen LogP contribution is 2.34. The van der Waals surface area contributed by atoms with Gasteiger partial charge >= 0.3 is 5.97 Å². The number of fused-ring (bicyclic) bond motifs is 3. The highest BCUT2D eigenvalue weighted by molar-refractivity contribution is 5.88. The van der Waals surface area contributed by atoms with E-state index in [2.05, 4.69) is 4.57 Å². The van der Waals surface area contributed by atoms with Crippen LogP contribution in [0, 0.1) is 0 Å². The lowest BCUT2D eigenvalue weighted by molar-refractivity contribution is -0.143. The van der Waals surface area contributed by atoms with Gasteiger partial charge in [0.05, 0.1) is 13.7 Å². The molecule has 2 N–H and O–H groups in total. The lowest BCUT2D eigenvalue weighted by atomic mass is 9.92. The first-order chi connectivity index (χ1) is 10.6. The number of nitrogens with two attached hydrogens (primary N) is 1. The van der Waals surface area contributed by atoms with Crippen LogP contribution in [0.15, 0.2) is 18.2 Å². The Balaban J connectivity index is 2.12. The molecule has 1 atom stereocenters. The number of nitrogens with zero attached hydrogens (tertiary/aromatic N) is 1. The van der Waals surface area contributed by atoms with E-state index in [1.54, 1.807) is 7.11 Å². The van der Waals surface area contributed by atoms with Crippen molar-refractivity contribution in [2.24, 2.45) is 5.73 Å². The van der Waals surface area contributed by atoms with Crippen molar-refractivity contribution in [2.75, 3.05) is 13.7 Å². The molecule has 22 heavy (non-hydrogen) atoms. The average molecular weight is 302 g/mol. The van der Waals surface area contributed by atoms with Crippen LogP contribution < -0.4 is 10.5 Å². The molecule has 1 aromatic carbocycles. The monoisotopic (exact) mass is 302 g/mol. The Kier molecular flexibility index (Phi) is 4.07. The van der Waals surface area contributed by atoms with E-state index in [1.807, 2.05) is 25.1 Å². The molecule has 0 amide bonds. The Morgan fingerprint density at radius 3 is 3.00 bits per heavy atom. The van der Waals surface area contributed by atoms with E-state index in [-0.39, 0.29) is 18.6 Å². The third-order valence-corrected chi connectivity index (χ3v) is 4.30. The van der Waals surface area contributed by atoms with Crippen LogP contribution in [-0.2, 0) is 28.9 Å². The van der Waals surface area contributed by atoms with Crippen LogP contribution in [0.4, 0.5) is 0 Å². The highest BCUT2D eigenvalue weighted by Gasteiger charge is 2.25. The molecular weight excluding hydrogens is 280 g/mol. The third kappa shape index (κ3) is 2.57. The summed E-state index contributed by atoms with van der Waals surface area (Å²) in [7, 11) is 1.66. The number of esters is 1. The Bertz CT molecular complexity index is 705. The molecule has 0 aliphatic heterocycles. The summed E-state index contributed by atoms with van der Waals surface area (Å²) < 4.78 is 12.5. The fraction of sp³-hybridized carbons (Fsp3) is 0.471. The fourth-order valence-corrected chi connectivity index (χ4v) is 3.30. The van der Waals surface area contributed by atoms with Gasteiger partial charge in [-0.2, -0.15) is 0 Å². The molecule has 5 nitrogen and oxygen atoms in total. The van der Waals surface area contributed by atoms with Crippen molar-refractivity contribution < 1.29 is 14.3 Å². The molecule has 1 heterocycles. The van der Waals surface area contributed by atoms with E-state index in [1.165, 1.54) is 11.3 Å². The topological polar surface area (TPSA) is 66.5 Å². The van der Waals surface area contributed by atoms with Gasteiger partial charge in [0.1, 0.15) is 12.3 Å². The standard InChI is InChI=1S/C17H22N2O3/c1-3-22-17(20)10-19-15-6-4-11(18)8-13(15)14-9-12(21-2)5-7-16(14)19/h5,7,9,11H,3-4,6,8,10,18H2,1-2H3. The fourth-order valence-electron chi connectivity index (χ4n) is 3.30. The first-order valence-corrected chi connectivity index (χ1v) is 7.73. The van der Waals surface area contributed by atoms with Gasteiger partial charge in [-0.05, 0) is 49.9 Å². The van der Waals surface area contributed by atoms with Crippen molar-refractivity contribution in [3.05, 3.63) is 29.5 Å². The van der Waals surface area contributed by atoms with Crippen molar-refractivity contribution in [3.8, 4) is 5.75 Å². The molecule has 1 aliphatic rings. The van der Waals surface area contributed by atoms with E-state index in [0.29, 0.717) is 6.61 Å². The number of ether oxygens (including phenoxy) is 2. The summed E-state index contributed by atoms with van der Waals surface area (Å²) in [6.45, 7) is 2.48. The Morgan fingerprint density at radius 1 is 1.45 bits per heavy atom. The molecule has 3 rings (SSSR count). The Labute approximate surface area is 130 Å². The van der Waals surface area contributed by atoms with E-state index in [4.69, 9.17) is 15.2 Å². The molecule has 118 valence electrons. The number of hydrogen-bond acceptors (Lipinski definition) is 4. The molecule has 0 spiro atoms. The van der Waals surface area contributed by atoms with Crippen LogP contribution in [0.25, 0.3) is 10.9 Å². The maximum Gasteiger partial charge on any atom is 0.325 e. The van der Waals surface area contributed by atoms with Gasteiger partial charge in [-0.1, -0.05) is 0 Å². The number of methoxy groups -OCH3 is 1. The van der Waals surface area contributed by atoms with Crippen molar-refractivity contribution in [3.63, 3.8) is 0 Å². The zero-order valence-electron chi connectivity index (χ0n) is 13.1. The largest absolute Gasteiger partial charge is 0.497 e. The summed E-state index contributed by atoms with van der Waals surface area (Å²) >= 11 is 0. The number of rotatable bonds is 4.